The summed E-state index contributed by atoms with van der Waals surface area (Å²) >= 11 is 0. The Balaban J connectivity index is 0.000000231. The van der Waals surface area contributed by atoms with Crippen molar-refractivity contribution in [2.45, 2.75) is 65.0 Å². The Kier molecular flexibility index (Phi) is 9.47. The van der Waals surface area contributed by atoms with Crippen LogP contribution in [0.5, 0.6) is 0 Å². The summed E-state index contributed by atoms with van der Waals surface area (Å²) in [5.74, 6) is -4.10. The van der Waals surface area contributed by atoms with Crippen LogP contribution in [0.2, 0.25) is 0 Å². The van der Waals surface area contributed by atoms with Gasteiger partial charge in [0.05, 0.1) is 17.0 Å². The Morgan fingerprint density at radius 3 is 1.60 bits per heavy atom. The van der Waals surface area contributed by atoms with Gasteiger partial charge >= 0.3 is 24.2 Å². The number of hydrogen-bond acceptors (Lipinski definition) is 5. The molecule has 2 amide bonds. The van der Waals surface area contributed by atoms with E-state index in [2.05, 4.69) is 0 Å². The van der Waals surface area contributed by atoms with Crippen molar-refractivity contribution in [2.24, 2.45) is 11.8 Å². The minimum absolute atomic E-state index is 0.0496. The van der Waals surface area contributed by atoms with E-state index in [-0.39, 0.29) is 37.0 Å². The van der Waals surface area contributed by atoms with Crippen LogP contribution in [0, 0.1) is 22.0 Å². The van der Waals surface area contributed by atoms with Crippen molar-refractivity contribution in [3.05, 3.63) is 68.8 Å². The summed E-state index contributed by atoms with van der Waals surface area (Å²) in [6, 6.07) is 7.99. The molecule has 0 spiro atoms. The molecular formula is C28H32F6N4O4. The molecule has 0 aromatic heterocycles. The quantitative estimate of drug-likeness (QED) is 0.196. The van der Waals surface area contributed by atoms with E-state index in [1.54, 1.807) is 45.9 Å². The lowest BCUT2D eigenvalue weighted by molar-refractivity contribution is -0.385. The number of alkyl halides is 6. The fraction of sp³-hybridized carbons (Fsp3) is 0.500. The van der Waals surface area contributed by atoms with Crippen molar-refractivity contribution >= 4 is 23.2 Å². The van der Waals surface area contributed by atoms with Gasteiger partial charge in [0.1, 0.15) is 0 Å². The molecule has 0 saturated carbocycles. The Bertz CT molecular complexity index is 1340. The van der Waals surface area contributed by atoms with E-state index in [0.29, 0.717) is 17.7 Å². The van der Waals surface area contributed by atoms with Crippen molar-refractivity contribution in [1.82, 2.24) is 9.80 Å². The van der Waals surface area contributed by atoms with Gasteiger partial charge in [0.25, 0.3) is 5.69 Å². The summed E-state index contributed by atoms with van der Waals surface area (Å²) < 4.78 is 76.4. The number of nitrogen functional groups attached to an aromatic ring is 1. The van der Waals surface area contributed by atoms with Crippen LogP contribution in [0.1, 0.15) is 62.0 Å². The smallest absolute Gasteiger partial charge is 0.399 e. The molecule has 2 aromatic carbocycles. The van der Waals surface area contributed by atoms with E-state index in [1.165, 1.54) is 12.1 Å². The predicted molar refractivity (Wildman–Crippen MR) is 142 cm³/mol. The number of amides is 2. The van der Waals surface area contributed by atoms with Crippen molar-refractivity contribution in [2.75, 3.05) is 18.8 Å². The number of nitro groups is 1. The molecule has 0 fully saturated rings. The molecule has 2 aliphatic heterocycles. The molecule has 2 aromatic rings. The zero-order chi connectivity index (χ0) is 31.7. The third kappa shape index (κ3) is 6.96. The van der Waals surface area contributed by atoms with Gasteiger partial charge < -0.3 is 15.5 Å². The number of nitrogens with zero attached hydrogens (tertiary/aromatic N) is 3. The van der Waals surface area contributed by atoms with Crippen molar-refractivity contribution in [3.8, 4) is 0 Å². The van der Waals surface area contributed by atoms with Crippen molar-refractivity contribution in [3.63, 3.8) is 0 Å². The van der Waals surface area contributed by atoms with Gasteiger partial charge in [-0.2, -0.15) is 26.3 Å². The van der Waals surface area contributed by atoms with Gasteiger partial charge in [0.15, 0.2) is 0 Å². The second-order valence-corrected chi connectivity index (χ2v) is 11.0. The number of nitro benzene ring substituents is 1. The molecule has 230 valence electrons. The maximum Gasteiger partial charge on any atom is 0.471 e. The van der Waals surface area contributed by atoms with Crippen LogP contribution in [-0.2, 0) is 22.4 Å². The van der Waals surface area contributed by atoms with Crippen LogP contribution in [0.15, 0.2) is 36.4 Å². The molecule has 0 aliphatic carbocycles. The summed E-state index contributed by atoms with van der Waals surface area (Å²) in [6.07, 6.45) is -9.13. The van der Waals surface area contributed by atoms with E-state index in [9.17, 15) is 46.0 Å². The van der Waals surface area contributed by atoms with E-state index >= 15 is 0 Å². The molecule has 2 N–H and O–H groups in total. The molecule has 14 heteroatoms. The third-order valence-corrected chi connectivity index (χ3v) is 7.33. The Hall–Kier alpha value is -3.84. The predicted octanol–water partition coefficient (Wildman–Crippen LogP) is 6.15. The van der Waals surface area contributed by atoms with Crippen LogP contribution in [0.25, 0.3) is 0 Å². The summed E-state index contributed by atoms with van der Waals surface area (Å²) in [4.78, 5) is 35.2. The summed E-state index contributed by atoms with van der Waals surface area (Å²) in [5, 5.41) is 10.9. The lowest BCUT2D eigenvalue weighted by Crippen LogP contribution is -2.48. The zero-order valence-corrected chi connectivity index (χ0v) is 23.4. The minimum atomic E-state index is -4.95. The monoisotopic (exact) mass is 602 g/mol. The fourth-order valence-electron chi connectivity index (χ4n) is 5.63. The maximum atomic E-state index is 12.8. The number of carbonyl (C=O) groups excluding carboxylic acids is 2. The van der Waals surface area contributed by atoms with Gasteiger partial charge in [0.2, 0.25) is 0 Å². The Labute approximate surface area is 238 Å². The molecular weight excluding hydrogens is 570 g/mol. The first-order valence-corrected chi connectivity index (χ1v) is 13.3. The highest BCUT2D eigenvalue weighted by Crippen LogP contribution is 2.40. The zero-order valence-electron chi connectivity index (χ0n) is 23.4. The number of nitrogens with two attached hydrogens (primary N) is 1. The second-order valence-electron chi connectivity index (χ2n) is 11.0. The van der Waals surface area contributed by atoms with Gasteiger partial charge in [-0.25, -0.2) is 0 Å². The van der Waals surface area contributed by atoms with Crippen LogP contribution in [0.3, 0.4) is 0 Å². The van der Waals surface area contributed by atoms with Crippen LogP contribution >= 0.6 is 0 Å². The van der Waals surface area contributed by atoms with Crippen LogP contribution in [0.4, 0.5) is 37.7 Å². The number of halogens is 6. The Morgan fingerprint density at radius 2 is 1.21 bits per heavy atom. The van der Waals surface area contributed by atoms with Gasteiger partial charge in [0, 0.05) is 30.9 Å². The number of anilines is 1. The summed E-state index contributed by atoms with van der Waals surface area (Å²) in [7, 11) is 0. The van der Waals surface area contributed by atoms with E-state index in [0.717, 1.165) is 26.5 Å². The van der Waals surface area contributed by atoms with Gasteiger partial charge in [-0.3, -0.25) is 19.7 Å². The van der Waals surface area contributed by atoms with E-state index in [4.69, 9.17) is 5.73 Å². The highest BCUT2D eigenvalue weighted by Gasteiger charge is 2.48. The molecule has 8 nitrogen and oxygen atoms in total. The van der Waals surface area contributed by atoms with Crippen LogP contribution in [-0.4, -0.2) is 52.0 Å². The van der Waals surface area contributed by atoms with Crippen molar-refractivity contribution < 1.29 is 40.9 Å². The fourth-order valence-corrected chi connectivity index (χ4v) is 5.63. The number of rotatable bonds is 3. The largest absolute Gasteiger partial charge is 0.471 e. The standard InChI is InChI=1S/C14H15F3N2O3.C14H17F3N2O/c1-8(2)12-11-7-10(19(21)22)4-3-9(11)5-6-18(12)13(20)14(15,16)17;1-8(2)12-11-7-10(18)4-3-9(11)5-6-19(12)13(20)14(15,16)17/h3-4,7-8,12H,5-6H2,1-2H3;3-4,7-8,12H,5-6,18H2,1-2H3. The number of non-ortho nitro benzene ring substituents is 1. The minimum Gasteiger partial charge on any atom is -0.399 e. The number of fused-ring (bicyclic) bond motifs is 2. The molecule has 2 aliphatic rings. The molecule has 2 unspecified atom stereocenters. The molecule has 0 saturated heterocycles. The highest BCUT2D eigenvalue weighted by atomic mass is 19.4. The molecule has 2 heterocycles. The van der Waals surface area contributed by atoms with Gasteiger partial charge in [-0.05, 0) is 59.1 Å². The molecule has 4 rings (SSSR count). The highest BCUT2D eigenvalue weighted by molar-refractivity contribution is 5.83. The number of carbonyl (C=O) groups is 2. The van der Waals surface area contributed by atoms with Crippen molar-refractivity contribution in [1.29, 1.82) is 0 Å². The number of benzene rings is 2. The average Bonchev–Trinajstić information content (AvgIpc) is 2.89. The first-order chi connectivity index (χ1) is 19.3. The van der Waals surface area contributed by atoms with Crippen LogP contribution < -0.4 is 5.73 Å². The van der Waals surface area contributed by atoms with Gasteiger partial charge in [-0.15, -0.1) is 0 Å². The lowest BCUT2D eigenvalue weighted by atomic mass is 9.86. The molecule has 0 radical (unpaired) electrons. The van der Waals surface area contributed by atoms with E-state index < -0.39 is 41.2 Å². The Morgan fingerprint density at radius 1 is 0.810 bits per heavy atom. The molecule has 0 bridgehead atoms. The second kappa shape index (κ2) is 12.2. The molecule has 42 heavy (non-hydrogen) atoms. The normalized spacial score (nSPS) is 18.7. The van der Waals surface area contributed by atoms with E-state index in [1.807, 2.05) is 6.07 Å². The average molecular weight is 603 g/mol. The first-order valence-electron chi connectivity index (χ1n) is 13.3. The molecule has 2 atom stereocenters. The summed E-state index contributed by atoms with van der Waals surface area (Å²) in [5.41, 5.74) is 8.89. The van der Waals surface area contributed by atoms with Gasteiger partial charge in [-0.1, -0.05) is 39.8 Å². The lowest BCUT2D eigenvalue weighted by Gasteiger charge is -2.40. The maximum absolute atomic E-state index is 12.8. The first kappa shape index (κ1) is 32.7. The topological polar surface area (TPSA) is 110 Å². The number of hydrogen-bond donors (Lipinski definition) is 1. The third-order valence-electron chi connectivity index (χ3n) is 7.33. The SMILES string of the molecule is CC(C)C1c2cc(N)ccc2CCN1C(=O)C(F)(F)F.CC(C)C1c2cc([N+](=O)[O-])ccc2CCN1C(=O)C(F)(F)F. The summed E-state index contributed by atoms with van der Waals surface area (Å²) in [6.45, 7) is 7.02.